The van der Waals surface area contributed by atoms with E-state index in [0.717, 1.165) is 6.42 Å². The Labute approximate surface area is 103 Å². The van der Waals surface area contributed by atoms with Crippen molar-refractivity contribution in [1.29, 1.82) is 0 Å². The molecule has 88 valence electrons. The minimum Gasteiger partial charge on any atom is -0.303 e. The average Bonchev–Trinajstić information content (AvgIpc) is 2.28. The van der Waals surface area contributed by atoms with Gasteiger partial charge in [0.05, 0.1) is 0 Å². The molecule has 1 fully saturated rings. The summed E-state index contributed by atoms with van der Waals surface area (Å²) in [7, 11) is 0. The summed E-state index contributed by atoms with van der Waals surface area (Å²) in [6, 6.07) is 9.57. The molecule has 0 radical (unpaired) electrons. The van der Waals surface area contributed by atoms with Crippen molar-refractivity contribution in [2.45, 2.75) is 38.8 Å². The van der Waals surface area contributed by atoms with Crippen LogP contribution in [0.15, 0.2) is 24.3 Å². The maximum absolute atomic E-state index is 3.73. The van der Waals surface area contributed by atoms with E-state index >= 15 is 0 Å². The molecule has 16 heavy (non-hydrogen) atoms. The van der Waals surface area contributed by atoms with Crippen LogP contribution in [0.5, 0.6) is 0 Å². The quantitative estimate of drug-likeness (QED) is 0.843. The van der Waals surface area contributed by atoms with Crippen molar-refractivity contribution < 1.29 is 0 Å². The van der Waals surface area contributed by atoms with E-state index in [1.54, 1.807) is 0 Å². The van der Waals surface area contributed by atoms with Gasteiger partial charge in [-0.3, -0.25) is 0 Å². The molecule has 0 bridgehead atoms. The van der Waals surface area contributed by atoms with Crippen LogP contribution in [0.25, 0.3) is 0 Å². The van der Waals surface area contributed by atoms with Gasteiger partial charge in [0.2, 0.25) is 0 Å². The minimum atomic E-state index is 0.261. The van der Waals surface area contributed by atoms with E-state index in [1.807, 2.05) is 0 Å². The van der Waals surface area contributed by atoms with Gasteiger partial charge >= 0.3 is 0 Å². The molecule has 1 heterocycles. The van der Waals surface area contributed by atoms with Crippen molar-refractivity contribution in [3.8, 4) is 0 Å². The fourth-order valence-corrected chi connectivity index (χ4v) is 3.38. The van der Waals surface area contributed by atoms with Crippen LogP contribution in [0.4, 0.5) is 0 Å². The largest absolute Gasteiger partial charge is 0.303 e. The number of nitrogens with one attached hydrogen (secondary N) is 1. The standard InChI is InChI=1S/C14H21NS/c1-4-11-5-7-12(8-6-11)13-9-16-10-14(2,3)15-13/h5-8,13,15H,4,9-10H2,1-3H3. The summed E-state index contributed by atoms with van der Waals surface area (Å²) in [5.74, 6) is 2.39. The number of hydrogen-bond acceptors (Lipinski definition) is 2. The Morgan fingerprint density at radius 1 is 1.31 bits per heavy atom. The van der Waals surface area contributed by atoms with Crippen LogP contribution < -0.4 is 5.32 Å². The van der Waals surface area contributed by atoms with Gasteiger partial charge in [0.25, 0.3) is 0 Å². The molecule has 0 aromatic heterocycles. The highest BCUT2D eigenvalue weighted by molar-refractivity contribution is 7.99. The van der Waals surface area contributed by atoms with E-state index < -0.39 is 0 Å². The maximum atomic E-state index is 3.73. The van der Waals surface area contributed by atoms with E-state index in [0.29, 0.717) is 6.04 Å². The Morgan fingerprint density at radius 3 is 2.56 bits per heavy atom. The Hall–Kier alpha value is -0.470. The molecule has 0 saturated carbocycles. The Morgan fingerprint density at radius 2 is 2.00 bits per heavy atom. The van der Waals surface area contributed by atoms with Gasteiger partial charge in [-0.05, 0) is 31.4 Å². The summed E-state index contributed by atoms with van der Waals surface area (Å²) in [6.07, 6.45) is 1.12. The highest BCUT2D eigenvalue weighted by Gasteiger charge is 2.27. The first-order chi connectivity index (χ1) is 7.61. The van der Waals surface area contributed by atoms with E-state index in [1.165, 1.54) is 22.6 Å². The number of benzene rings is 1. The van der Waals surface area contributed by atoms with Crippen molar-refractivity contribution in [1.82, 2.24) is 5.32 Å². The summed E-state index contributed by atoms with van der Waals surface area (Å²) in [5, 5.41) is 3.73. The lowest BCUT2D eigenvalue weighted by Gasteiger charge is -2.37. The molecule has 2 rings (SSSR count). The molecule has 2 heteroatoms. The molecular weight excluding hydrogens is 214 g/mol. The molecule has 0 spiro atoms. The van der Waals surface area contributed by atoms with Crippen molar-refractivity contribution in [3.05, 3.63) is 35.4 Å². The second-order valence-corrected chi connectivity index (χ2v) is 6.22. The summed E-state index contributed by atoms with van der Waals surface area (Å²) in [5.41, 5.74) is 3.11. The van der Waals surface area contributed by atoms with E-state index in [-0.39, 0.29) is 5.54 Å². The molecule has 0 amide bonds. The van der Waals surface area contributed by atoms with E-state index in [2.05, 4.69) is 62.1 Å². The summed E-state index contributed by atoms with van der Waals surface area (Å²) in [4.78, 5) is 0. The SMILES string of the molecule is CCc1ccc(C2CSCC(C)(C)N2)cc1. The third-order valence-electron chi connectivity index (χ3n) is 3.10. The van der Waals surface area contributed by atoms with Crippen LogP contribution in [0.1, 0.15) is 37.9 Å². The lowest BCUT2D eigenvalue weighted by Crippen LogP contribution is -2.48. The lowest BCUT2D eigenvalue weighted by molar-refractivity contribution is 0.376. The van der Waals surface area contributed by atoms with Crippen LogP contribution in [0.3, 0.4) is 0 Å². The molecular formula is C14H21NS. The summed E-state index contributed by atoms with van der Waals surface area (Å²) in [6.45, 7) is 6.77. The predicted molar refractivity (Wildman–Crippen MR) is 73.1 cm³/mol. The topological polar surface area (TPSA) is 12.0 Å². The van der Waals surface area contributed by atoms with Gasteiger partial charge in [0.15, 0.2) is 0 Å². The summed E-state index contributed by atoms with van der Waals surface area (Å²) < 4.78 is 0. The van der Waals surface area contributed by atoms with Crippen LogP contribution in [0, 0.1) is 0 Å². The number of rotatable bonds is 2. The second kappa shape index (κ2) is 4.80. The second-order valence-electron chi connectivity index (χ2n) is 5.19. The van der Waals surface area contributed by atoms with Crippen LogP contribution in [-0.2, 0) is 6.42 Å². The van der Waals surface area contributed by atoms with Gasteiger partial charge in [-0.1, -0.05) is 31.2 Å². The van der Waals surface area contributed by atoms with Crippen molar-refractivity contribution >= 4 is 11.8 Å². The zero-order valence-electron chi connectivity index (χ0n) is 10.4. The molecule has 1 N–H and O–H groups in total. The minimum absolute atomic E-state index is 0.261. The molecule has 1 atom stereocenters. The zero-order valence-corrected chi connectivity index (χ0v) is 11.2. The monoisotopic (exact) mass is 235 g/mol. The molecule has 1 saturated heterocycles. The van der Waals surface area contributed by atoms with Gasteiger partial charge in [-0.2, -0.15) is 11.8 Å². The van der Waals surface area contributed by atoms with Gasteiger partial charge in [0.1, 0.15) is 0 Å². The normalized spacial score (nSPS) is 24.3. The van der Waals surface area contributed by atoms with Crippen molar-refractivity contribution in [2.75, 3.05) is 11.5 Å². The first kappa shape index (κ1) is 12.0. The van der Waals surface area contributed by atoms with Crippen LogP contribution >= 0.6 is 11.8 Å². The maximum Gasteiger partial charge on any atom is 0.0416 e. The molecule has 1 aromatic rings. The summed E-state index contributed by atoms with van der Waals surface area (Å²) >= 11 is 2.05. The van der Waals surface area contributed by atoms with Crippen molar-refractivity contribution in [2.24, 2.45) is 0 Å². The van der Waals surface area contributed by atoms with E-state index in [4.69, 9.17) is 0 Å². The third-order valence-corrected chi connectivity index (χ3v) is 4.60. The fourth-order valence-electron chi connectivity index (χ4n) is 2.15. The number of thioether (sulfide) groups is 1. The highest BCUT2D eigenvalue weighted by Crippen LogP contribution is 2.29. The van der Waals surface area contributed by atoms with Crippen LogP contribution in [0.2, 0.25) is 0 Å². The average molecular weight is 235 g/mol. The third kappa shape index (κ3) is 2.80. The van der Waals surface area contributed by atoms with Gasteiger partial charge in [0, 0.05) is 23.1 Å². The number of aryl methyl sites for hydroxylation is 1. The molecule has 1 aliphatic heterocycles. The Kier molecular flexibility index (Phi) is 3.60. The fraction of sp³-hybridized carbons (Fsp3) is 0.571. The Balaban J connectivity index is 2.11. The number of hydrogen-bond donors (Lipinski definition) is 1. The van der Waals surface area contributed by atoms with Gasteiger partial charge in [-0.25, -0.2) is 0 Å². The smallest absolute Gasteiger partial charge is 0.0416 e. The Bertz CT molecular complexity index is 342. The van der Waals surface area contributed by atoms with Gasteiger partial charge in [-0.15, -0.1) is 0 Å². The lowest BCUT2D eigenvalue weighted by atomic mass is 10.0. The highest BCUT2D eigenvalue weighted by atomic mass is 32.2. The molecule has 0 aliphatic carbocycles. The molecule has 1 aliphatic rings. The predicted octanol–water partition coefficient (Wildman–Crippen LogP) is 3.41. The first-order valence-electron chi connectivity index (χ1n) is 6.05. The first-order valence-corrected chi connectivity index (χ1v) is 7.20. The van der Waals surface area contributed by atoms with E-state index in [9.17, 15) is 0 Å². The molecule has 1 unspecified atom stereocenters. The zero-order chi connectivity index (χ0) is 11.6. The van der Waals surface area contributed by atoms with Crippen LogP contribution in [-0.4, -0.2) is 17.0 Å². The molecule has 1 aromatic carbocycles. The molecule has 1 nitrogen and oxygen atoms in total. The van der Waals surface area contributed by atoms with Gasteiger partial charge < -0.3 is 5.32 Å². The van der Waals surface area contributed by atoms with Crippen molar-refractivity contribution in [3.63, 3.8) is 0 Å².